The maximum absolute atomic E-state index is 12.7. The lowest BCUT2D eigenvalue weighted by atomic mass is 10.0. The molecule has 0 radical (unpaired) electrons. The zero-order valence-corrected chi connectivity index (χ0v) is 17.4. The number of hydrogen-bond donors (Lipinski definition) is 2. The summed E-state index contributed by atoms with van der Waals surface area (Å²) in [5.41, 5.74) is 3.66. The fraction of sp³-hybridized carbons (Fsp3) is 0.391. The number of rotatable bonds is 5. The molecule has 0 bridgehead atoms. The van der Waals surface area contributed by atoms with E-state index in [0.29, 0.717) is 6.54 Å². The Morgan fingerprint density at radius 2 is 1.72 bits per heavy atom. The Kier molecular flexibility index (Phi) is 6.75. The maximum atomic E-state index is 12.7. The number of hydrogen-bond acceptors (Lipinski definition) is 3. The van der Waals surface area contributed by atoms with Gasteiger partial charge in [0.15, 0.2) is 0 Å². The first-order valence-corrected chi connectivity index (χ1v) is 10.2. The van der Waals surface area contributed by atoms with Crippen molar-refractivity contribution in [3.63, 3.8) is 0 Å². The van der Waals surface area contributed by atoms with Gasteiger partial charge in [0.2, 0.25) is 0 Å². The minimum absolute atomic E-state index is 0.0424. The van der Waals surface area contributed by atoms with Gasteiger partial charge in [-0.25, -0.2) is 4.79 Å². The molecular weight excluding hydrogens is 364 g/mol. The van der Waals surface area contributed by atoms with Crippen molar-refractivity contribution in [2.75, 3.05) is 36.9 Å². The van der Waals surface area contributed by atoms with Crippen LogP contribution in [0.2, 0.25) is 0 Å². The van der Waals surface area contributed by atoms with Crippen LogP contribution in [0.4, 0.5) is 16.2 Å². The van der Waals surface area contributed by atoms with Crippen molar-refractivity contribution in [1.82, 2.24) is 10.2 Å². The summed E-state index contributed by atoms with van der Waals surface area (Å²) in [4.78, 5) is 28.9. The monoisotopic (exact) mass is 394 g/mol. The Hall–Kier alpha value is -3.02. The second-order valence-corrected chi connectivity index (χ2v) is 7.56. The summed E-state index contributed by atoms with van der Waals surface area (Å²) < 4.78 is 0. The first kappa shape index (κ1) is 20.7. The molecule has 6 heteroatoms. The number of nitrogens with one attached hydrogen (secondary N) is 2. The van der Waals surface area contributed by atoms with Crippen molar-refractivity contribution >= 4 is 23.3 Å². The fourth-order valence-electron chi connectivity index (χ4n) is 3.53. The molecule has 0 atom stereocenters. The molecule has 0 unspecified atom stereocenters. The SMILES string of the molecule is CCN(C)C(=O)c1ccccc1N1CCC(NC(=O)Nc2ccc(C)cc2)CC1. The van der Waals surface area contributed by atoms with Crippen LogP contribution in [0.25, 0.3) is 0 Å². The number of carbonyl (C=O) groups is 2. The lowest BCUT2D eigenvalue weighted by Crippen LogP contribution is -2.46. The lowest BCUT2D eigenvalue weighted by molar-refractivity contribution is 0.0803. The van der Waals surface area contributed by atoms with Gasteiger partial charge in [-0.05, 0) is 51.0 Å². The first-order valence-electron chi connectivity index (χ1n) is 10.2. The molecule has 1 aliphatic rings. The van der Waals surface area contributed by atoms with Gasteiger partial charge in [0, 0.05) is 44.1 Å². The molecule has 154 valence electrons. The Labute approximate surface area is 172 Å². The largest absolute Gasteiger partial charge is 0.371 e. The molecule has 2 aromatic rings. The molecule has 0 aromatic heterocycles. The molecule has 2 aromatic carbocycles. The van der Waals surface area contributed by atoms with Crippen molar-refractivity contribution in [2.24, 2.45) is 0 Å². The molecule has 0 spiro atoms. The third kappa shape index (κ3) is 5.28. The van der Waals surface area contributed by atoms with Crippen LogP contribution in [0.15, 0.2) is 48.5 Å². The maximum Gasteiger partial charge on any atom is 0.319 e. The van der Waals surface area contributed by atoms with Gasteiger partial charge < -0.3 is 20.4 Å². The zero-order valence-electron chi connectivity index (χ0n) is 17.4. The number of nitrogens with zero attached hydrogens (tertiary/aromatic N) is 2. The van der Waals surface area contributed by atoms with Crippen LogP contribution in [-0.2, 0) is 0 Å². The lowest BCUT2D eigenvalue weighted by Gasteiger charge is -2.35. The van der Waals surface area contributed by atoms with Gasteiger partial charge in [-0.3, -0.25) is 4.79 Å². The Morgan fingerprint density at radius 1 is 1.07 bits per heavy atom. The number of anilines is 2. The molecule has 1 heterocycles. The molecule has 29 heavy (non-hydrogen) atoms. The second-order valence-electron chi connectivity index (χ2n) is 7.56. The number of piperidine rings is 1. The van der Waals surface area contributed by atoms with Crippen LogP contribution in [0.1, 0.15) is 35.7 Å². The summed E-state index contributed by atoms with van der Waals surface area (Å²) in [6, 6.07) is 15.5. The molecule has 0 saturated carbocycles. The predicted octanol–water partition coefficient (Wildman–Crippen LogP) is 3.88. The average molecular weight is 395 g/mol. The fourth-order valence-corrected chi connectivity index (χ4v) is 3.53. The smallest absolute Gasteiger partial charge is 0.319 e. The number of carbonyl (C=O) groups excluding carboxylic acids is 2. The van der Waals surface area contributed by atoms with E-state index in [4.69, 9.17) is 0 Å². The quantitative estimate of drug-likeness (QED) is 0.809. The summed E-state index contributed by atoms with van der Waals surface area (Å²) in [5, 5.41) is 5.96. The molecule has 1 aliphatic heterocycles. The minimum atomic E-state index is -0.174. The Bertz CT molecular complexity index is 842. The molecule has 0 aliphatic carbocycles. The highest BCUT2D eigenvalue weighted by Gasteiger charge is 2.24. The van der Waals surface area contributed by atoms with E-state index in [1.54, 1.807) is 4.90 Å². The zero-order chi connectivity index (χ0) is 20.8. The molecule has 3 rings (SSSR count). The highest BCUT2D eigenvalue weighted by atomic mass is 16.2. The summed E-state index contributed by atoms with van der Waals surface area (Å²) in [6.45, 7) is 6.27. The molecule has 3 amide bonds. The van der Waals surface area contributed by atoms with Gasteiger partial charge in [-0.15, -0.1) is 0 Å². The van der Waals surface area contributed by atoms with Crippen molar-refractivity contribution in [3.05, 3.63) is 59.7 Å². The normalized spacial score (nSPS) is 14.4. The van der Waals surface area contributed by atoms with Gasteiger partial charge in [0.05, 0.1) is 5.56 Å². The van der Waals surface area contributed by atoms with Crippen LogP contribution in [0, 0.1) is 6.92 Å². The highest BCUT2D eigenvalue weighted by Crippen LogP contribution is 2.25. The third-order valence-corrected chi connectivity index (χ3v) is 5.44. The molecular formula is C23H30N4O2. The van der Waals surface area contributed by atoms with Crippen LogP contribution in [0.5, 0.6) is 0 Å². The minimum Gasteiger partial charge on any atom is -0.371 e. The summed E-state index contributed by atoms with van der Waals surface area (Å²) in [5.74, 6) is 0.0424. The second kappa shape index (κ2) is 9.45. The summed E-state index contributed by atoms with van der Waals surface area (Å²) in [6.07, 6.45) is 1.68. The van der Waals surface area contributed by atoms with Gasteiger partial charge >= 0.3 is 6.03 Å². The standard InChI is InChI=1S/C23H30N4O2/c1-4-26(3)22(28)20-7-5-6-8-21(20)27-15-13-19(14-16-27)25-23(29)24-18-11-9-17(2)10-12-18/h5-12,19H,4,13-16H2,1-3H3,(H2,24,25,29). The van der Waals surface area contributed by atoms with Gasteiger partial charge in [0.1, 0.15) is 0 Å². The van der Waals surface area contributed by atoms with Gasteiger partial charge in [-0.2, -0.15) is 0 Å². The van der Waals surface area contributed by atoms with Crippen LogP contribution in [-0.4, -0.2) is 49.6 Å². The Balaban J connectivity index is 1.56. The van der Waals surface area contributed by atoms with E-state index in [1.165, 1.54) is 0 Å². The highest BCUT2D eigenvalue weighted by molar-refractivity contribution is 5.99. The molecule has 1 fully saturated rings. The van der Waals surface area contributed by atoms with E-state index < -0.39 is 0 Å². The van der Waals surface area contributed by atoms with E-state index in [9.17, 15) is 9.59 Å². The topological polar surface area (TPSA) is 64.7 Å². The molecule has 1 saturated heterocycles. The molecule has 6 nitrogen and oxygen atoms in total. The van der Waals surface area contributed by atoms with E-state index >= 15 is 0 Å². The van der Waals surface area contributed by atoms with Crippen molar-refractivity contribution in [1.29, 1.82) is 0 Å². The van der Waals surface area contributed by atoms with Gasteiger partial charge in [0.25, 0.3) is 5.91 Å². The van der Waals surface area contributed by atoms with Crippen LogP contribution < -0.4 is 15.5 Å². The van der Waals surface area contributed by atoms with Crippen LogP contribution >= 0.6 is 0 Å². The van der Waals surface area contributed by atoms with E-state index in [0.717, 1.165) is 48.4 Å². The third-order valence-electron chi connectivity index (χ3n) is 5.44. The van der Waals surface area contributed by atoms with Crippen molar-refractivity contribution in [2.45, 2.75) is 32.7 Å². The number of para-hydroxylation sites is 1. The van der Waals surface area contributed by atoms with Crippen molar-refractivity contribution < 1.29 is 9.59 Å². The van der Waals surface area contributed by atoms with Crippen molar-refractivity contribution in [3.8, 4) is 0 Å². The van der Waals surface area contributed by atoms with Gasteiger partial charge in [-0.1, -0.05) is 29.8 Å². The number of urea groups is 1. The Morgan fingerprint density at radius 3 is 2.38 bits per heavy atom. The van der Waals surface area contributed by atoms with E-state index in [1.807, 2.05) is 69.4 Å². The average Bonchev–Trinajstić information content (AvgIpc) is 2.75. The van der Waals surface area contributed by atoms with E-state index in [-0.39, 0.29) is 18.0 Å². The summed E-state index contributed by atoms with van der Waals surface area (Å²) in [7, 11) is 1.82. The first-order chi connectivity index (χ1) is 14.0. The number of aryl methyl sites for hydroxylation is 1. The summed E-state index contributed by atoms with van der Waals surface area (Å²) >= 11 is 0. The molecule has 2 N–H and O–H groups in total. The number of benzene rings is 2. The number of amides is 3. The van der Waals surface area contributed by atoms with Crippen LogP contribution in [0.3, 0.4) is 0 Å². The van der Waals surface area contributed by atoms with E-state index in [2.05, 4.69) is 15.5 Å². The predicted molar refractivity (Wildman–Crippen MR) is 118 cm³/mol.